The summed E-state index contributed by atoms with van der Waals surface area (Å²) in [5.74, 6) is -1.78. The summed E-state index contributed by atoms with van der Waals surface area (Å²) in [6, 6.07) is 9.98. The maximum absolute atomic E-state index is 11.8. The lowest BCUT2D eigenvalue weighted by atomic mass is 9.99. The van der Waals surface area contributed by atoms with Gasteiger partial charge in [-0.25, -0.2) is 0 Å². The Balaban J connectivity index is 2.51. The molecule has 0 radical (unpaired) electrons. The van der Waals surface area contributed by atoms with Gasteiger partial charge in [-0.1, -0.05) is 30.3 Å². The van der Waals surface area contributed by atoms with E-state index in [-0.39, 0.29) is 13.2 Å². The van der Waals surface area contributed by atoms with Crippen molar-refractivity contribution in [3.8, 4) is 0 Å². The molecule has 110 valence electrons. The lowest BCUT2D eigenvalue weighted by Crippen LogP contribution is -2.28. The van der Waals surface area contributed by atoms with Gasteiger partial charge in [0.15, 0.2) is 5.92 Å². The van der Waals surface area contributed by atoms with E-state index in [4.69, 9.17) is 9.47 Å². The lowest BCUT2D eigenvalue weighted by Gasteiger charge is -2.14. The number of carbonyl (C=O) groups is 2. The molecule has 4 heteroatoms. The number of carbonyl (C=O) groups excluding carboxylic acids is 2. The Hall–Kier alpha value is -1.84. The molecule has 4 nitrogen and oxygen atoms in total. The third-order valence-corrected chi connectivity index (χ3v) is 2.94. The van der Waals surface area contributed by atoms with Crippen LogP contribution >= 0.6 is 0 Å². The van der Waals surface area contributed by atoms with Crippen LogP contribution in [0.4, 0.5) is 0 Å². The first-order chi connectivity index (χ1) is 9.69. The summed E-state index contributed by atoms with van der Waals surface area (Å²) in [5.41, 5.74) is 1.19. The molecular formula is C16H22O4. The molecule has 0 spiro atoms. The molecule has 20 heavy (non-hydrogen) atoms. The minimum absolute atomic E-state index is 0.271. The molecule has 0 aliphatic heterocycles. The Morgan fingerprint density at radius 3 is 2.05 bits per heavy atom. The molecule has 0 amide bonds. The van der Waals surface area contributed by atoms with Crippen LogP contribution in [0.1, 0.15) is 32.3 Å². The van der Waals surface area contributed by atoms with Gasteiger partial charge in [-0.15, -0.1) is 0 Å². The van der Waals surface area contributed by atoms with Gasteiger partial charge in [0, 0.05) is 0 Å². The molecule has 0 aromatic heterocycles. The molecule has 1 aromatic carbocycles. The number of rotatable bonds is 8. The molecule has 0 atom stereocenters. The first-order valence-corrected chi connectivity index (χ1v) is 7.06. The fourth-order valence-electron chi connectivity index (χ4n) is 1.97. The summed E-state index contributed by atoms with van der Waals surface area (Å²) < 4.78 is 9.87. The maximum Gasteiger partial charge on any atom is 0.320 e. The molecule has 0 fully saturated rings. The number of aryl methyl sites for hydroxylation is 1. The molecule has 0 saturated carbocycles. The van der Waals surface area contributed by atoms with Crippen LogP contribution in [0.5, 0.6) is 0 Å². The van der Waals surface area contributed by atoms with Crippen LogP contribution in [0.25, 0.3) is 0 Å². The Morgan fingerprint density at radius 2 is 1.55 bits per heavy atom. The monoisotopic (exact) mass is 278 g/mol. The van der Waals surface area contributed by atoms with Crippen LogP contribution in [0, 0.1) is 5.92 Å². The predicted octanol–water partition coefficient (Wildman–Crippen LogP) is 2.75. The van der Waals surface area contributed by atoms with Crippen LogP contribution < -0.4 is 0 Å². The minimum atomic E-state index is -0.807. The number of hydrogen-bond donors (Lipinski definition) is 0. The van der Waals surface area contributed by atoms with Crippen LogP contribution in [-0.2, 0) is 25.5 Å². The van der Waals surface area contributed by atoms with Crippen molar-refractivity contribution < 1.29 is 19.1 Å². The highest BCUT2D eigenvalue weighted by Crippen LogP contribution is 2.14. The Bertz CT molecular complexity index is 396. The normalized spacial score (nSPS) is 10.3. The number of ether oxygens (including phenoxy) is 2. The van der Waals surface area contributed by atoms with E-state index in [2.05, 4.69) is 0 Å². The summed E-state index contributed by atoms with van der Waals surface area (Å²) in [6.07, 6.45) is 2.02. The second-order valence-electron chi connectivity index (χ2n) is 4.43. The van der Waals surface area contributed by atoms with Crippen molar-refractivity contribution in [2.75, 3.05) is 13.2 Å². The highest BCUT2D eigenvalue weighted by Gasteiger charge is 2.28. The van der Waals surface area contributed by atoms with E-state index in [9.17, 15) is 9.59 Å². The van der Waals surface area contributed by atoms with Crippen molar-refractivity contribution in [2.24, 2.45) is 5.92 Å². The summed E-state index contributed by atoms with van der Waals surface area (Å²) in [6.45, 7) is 4.00. The first kappa shape index (κ1) is 16.2. The average Bonchev–Trinajstić information content (AvgIpc) is 2.45. The quantitative estimate of drug-likeness (QED) is 0.542. The highest BCUT2D eigenvalue weighted by atomic mass is 16.6. The maximum atomic E-state index is 11.8. The van der Waals surface area contributed by atoms with E-state index >= 15 is 0 Å². The fourth-order valence-corrected chi connectivity index (χ4v) is 1.97. The van der Waals surface area contributed by atoms with E-state index in [0.717, 1.165) is 12.8 Å². The van der Waals surface area contributed by atoms with Gasteiger partial charge in [-0.3, -0.25) is 9.59 Å². The summed E-state index contributed by atoms with van der Waals surface area (Å²) >= 11 is 0. The molecule has 0 aliphatic carbocycles. The zero-order chi connectivity index (χ0) is 14.8. The molecule has 0 aliphatic rings. The Labute approximate surface area is 120 Å². The molecule has 0 heterocycles. The topological polar surface area (TPSA) is 52.6 Å². The van der Waals surface area contributed by atoms with Crippen LogP contribution in [0.2, 0.25) is 0 Å². The third kappa shape index (κ3) is 5.43. The van der Waals surface area contributed by atoms with Gasteiger partial charge >= 0.3 is 11.9 Å². The van der Waals surface area contributed by atoms with Gasteiger partial charge in [-0.05, 0) is 38.7 Å². The van der Waals surface area contributed by atoms with E-state index < -0.39 is 17.9 Å². The van der Waals surface area contributed by atoms with Crippen LogP contribution in [0.15, 0.2) is 30.3 Å². The third-order valence-electron chi connectivity index (χ3n) is 2.94. The molecule has 0 N–H and O–H groups in total. The number of hydrogen-bond acceptors (Lipinski definition) is 4. The second kappa shape index (κ2) is 9.13. The molecule has 1 aromatic rings. The van der Waals surface area contributed by atoms with Gasteiger partial charge in [0.05, 0.1) is 13.2 Å². The smallest absolute Gasteiger partial charge is 0.320 e. The van der Waals surface area contributed by atoms with Gasteiger partial charge in [0.1, 0.15) is 0 Å². The van der Waals surface area contributed by atoms with E-state index in [0.29, 0.717) is 6.42 Å². The molecule has 0 saturated heterocycles. The summed E-state index contributed by atoms with van der Waals surface area (Å²) in [4.78, 5) is 23.6. The van der Waals surface area contributed by atoms with Gasteiger partial charge in [-0.2, -0.15) is 0 Å². The van der Waals surface area contributed by atoms with Gasteiger partial charge in [0.25, 0.3) is 0 Å². The molecule has 0 unspecified atom stereocenters. The second-order valence-corrected chi connectivity index (χ2v) is 4.43. The van der Waals surface area contributed by atoms with E-state index in [1.807, 2.05) is 30.3 Å². The molecule has 0 bridgehead atoms. The van der Waals surface area contributed by atoms with Crippen molar-refractivity contribution in [2.45, 2.75) is 33.1 Å². The predicted molar refractivity (Wildman–Crippen MR) is 76.1 cm³/mol. The zero-order valence-corrected chi connectivity index (χ0v) is 12.1. The Morgan fingerprint density at radius 1 is 1.00 bits per heavy atom. The zero-order valence-electron chi connectivity index (χ0n) is 12.1. The van der Waals surface area contributed by atoms with E-state index in [1.54, 1.807) is 13.8 Å². The molecular weight excluding hydrogens is 256 g/mol. The lowest BCUT2D eigenvalue weighted by molar-refractivity contribution is -0.161. The molecule has 1 rings (SSSR count). The summed E-state index contributed by atoms with van der Waals surface area (Å²) in [5, 5.41) is 0. The van der Waals surface area contributed by atoms with Crippen LogP contribution in [0.3, 0.4) is 0 Å². The largest absolute Gasteiger partial charge is 0.465 e. The number of esters is 2. The summed E-state index contributed by atoms with van der Waals surface area (Å²) in [7, 11) is 0. The van der Waals surface area contributed by atoms with Crippen LogP contribution in [-0.4, -0.2) is 25.2 Å². The number of benzene rings is 1. The first-order valence-electron chi connectivity index (χ1n) is 7.06. The standard InChI is InChI=1S/C16H22O4/c1-3-19-15(17)14(16(18)20-4-2)12-8-11-13-9-6-5-7-10-13/h5-7,9-10,14H,3-4,8,11-12H2,1-2H3. The van der Waals surface area contributed by atoms with Crippen molar-refractivity contribution >= 4 is 11.9 Å². The van der Waals surface area contributed by atoms with Crippen molar-refractivity contribution in [1.82, 2.24) is 0 Å². The minimum Gasteiger partial charge on any atom is -0.465 e. The van der Waals surface area contributed by atoms with Crippen molar-refractivity contribution in [3.63, 3.8) is 0 Å². The van der Waals surface area contributed by atoms with E-state index in [1.165, 1.54) is 5.56 Å². The SMILES string of the molecule is CCOC(=O)C(CCCc1ccccc1)C(=O)OCC. The fraction of sp³-hybridized carbons (Fsp3) is 0.500. The van der Waals surface area contributed by atoms with Gasteiger partial charge < -0.3 is 9.47 Å². The highest BCUT2D eigenvalue weighted by molar-refractivity contribution is 5.94. The average molecular weight is 278 g/mol. The Kier molecular flexibility index (Phi) is 7.40. The van der Waals surface area contributed by atoms with Crippen molar-refractivity contribution in [3.05, 3.63) is 35.9 Å². The van der Waals surface area contributed by atoms with Crippen molar-refractivity contribution in [1.29, 1.82) is 0 Å². The van der Waals surface area contributed by atoms with Gasteiger partial charge in [0.2, 0.25) is 0 Å².